The molecule has 1 N–H and O–H groups in total. The van der Waals surface area contributed by atoms with E-state index in [1.807, 2.05) is 64.9 Å². The van der Waals surface area contributed by atoms with Gasteiger partial charge in [-0.1, -0.05) is 20.8 Å². The van der Waals surface area contributed by atoms with Crippen LogP contribution < -0.4 is 10.2 Å². The summed E-state index contributed by atoms with van der Waals surface area (Å²) in [5, 5.41) is 2.96. The van der Waals surface area contributed by atoms with Crippen LogP contribution in [0.5, 0.6) is 0 Å². The highest BCUT2D eigenvalue weighted by Crippen LogP contribution is 2.27. The number of carbonyl (C=O) groups is 2. The first-order chi connectivity index (χ1) is 14.6. The zero-order valence-electron chi connectivity index (χ0n) is 19.4. The van der Waals surface area contributed by atoms with E-state index in [-0.39, 0.29) is 29.6 Å². The van der Waals surface area contributed by atoms with Crippen LogP contribution in [0.15, 0.2) is 42.5 Å². The number of carbonyl (C=O) groups excluding carboxylic acids is 2. The highest BCUT2D eigenvalue weighted by Gasteiger charge is 2.23. The van der Waals surface area contributed by atoms with Gasteiger partial charge in [0.15, 0.2) is 0 Å². The molecule has 0 aliphatic heterocycles. The zero-order valence-corrected chi connectivity index (χ0v) is 19.4. The van der Waals surface area contributed by atoms with Gasteiger partial charge >= 0.3 is 0 Å². The molecular weight excluding hydrogens is 393 g/mol. The molecule has 2 amide bonds. The van der Waals surface area contributed by atoms with Crippen molar-refractivity contribution in [2.24, 2.45) is 5.92 Å². The molecule has 0 saturated carbocycles. The molecule has 2 rings (SSSR count). The van der Waals surface area contributed by atoms with E-state index in [9.17, 15) is 14.0 Å². The van der Waals surface area contributed by atoms with E-state index in [1.165, 1.54) is 24.3 Å². The summed E-state index contributed by atoms with van der Waals surface area (Å²) < 4.78 is 13.3. The Bertz CT molecular complexity index is 894. The van der Waals surface area contributed by atoms with Crippen LogP contribution in [0.4, 0.5) is 15.8 Å². The molecule has 6 heteroatoms. The first-order valence-corrected chi connectivity index (χ1v) is 10.8. The lowest BCUT2D eigenvalue weighted by atomic mass is 10.1. The minimum Gasteiger partial charge on any atom is -0.377 e. The van der Waals surface area contributed by atoms with Crippen molar-refractivity contribution in [2.45, 2.75) is 53.1 Å². The third kappa shape index (κ3) is 6.81. The number of hydrogen-bond acceptors (Lipinski definition) is 3. The fourth-order valence-electron chi connectivity index (χ4n) is 3.40. The minimum absolute atomic E-state index is 0.00764. The number of anilines is 2. The normalized spacial score (nSPS) is 11.9. The number of amides is 2. The molecule has 2 aromatic carbocycles. The molecule has 0 aliphatic rings. The summed E-state index contributed by atoms with van der Waals surface area (Å²) in [4.78, 5) is 29.3. The molecule has 1 unspecified atom stereocenters. The Labute approximate surface area is 185 Å². The molecule has 0 saturated heterocycles. The Balaban J connectivity index is 2.37. The first kappa shape index (κ1) is 24.4. The molecule has 0 radical (unpaired) electrons. The van der Waals surface area contributed by atoms with Crippen molar-refractivity contribution in [3.05, 3.63) is 59.4 Å². The molecule has 0 aromatic heterocycles. The Morgan fingerprint density at radius 3 is 2.23 bits per heavy atom. The van der Waals surface area contributed by atoms with Crippen LogP contribution in [-0.2, 0) is 11.3 Å². The van der Waals surface area contributed by atoms with Crippen molar-refractivity contribution in [3.8, 4) is 0 Å². The summed E-state index contributed by atoms with van der Waals surface area (Å²) in [6.45, 7) is 8.43. The number of nitrogens with zero attached hydrogens (tertiary/aromatic N) is 2. The Kier molecular flexibility index (Phi) is 8.60. The minimum atomic E-state index is -0.369. The van der Waals surface area contributed by atoms with Crippen molar-refractivity contribution in [1.29, 1.82) is 0 Å². The van der Waals surface area contributed by atoms with Gasteiger partial charge in [-0.05, 0) is 67.3 Å². The second kappa shape index (κ2) is 10.9. The number of rotatable bonds is 9. The predicted molar refractivity (Wildman–Crippen MR) is 125 cm³/mol. The van der Waals surface area contributed by atoms with Gasteiger partial charge in [-0.15, -0.1) is 0 Å². The van der Waals surface area contributed by atoms with Crippen LogP contribution >= 0.6 is 0 Å². The third-order valence-corrected chi connectivity index (χ3v) is 5.25. The lowest BCUT2D eigenvalue weighted by Gasteiger charge is -2.31. The molecular formula is C25H34FN3O2. The van der Waals surface area contributed by atoms with Crippen LogP contribution in [0.3, 0.4) is 0 Å². The third-order valence-electron chi connectivity index (χ3n) is 5.25. The van der Waals surface area contributed by atoms with Crippen LogP contribution in [0.25, 0.3) is 0 Å². The summed E-state index contributed by atoms with van der Waals surface area (Å²) in [7, 11) is 3.90. The summed E-state index contributed by atoms with van der Waals surface area (Å²) in [5.74, 6) is -0.269. The van der Waals surface area contributed by atoms with Crippen molar-refractivity contribution >= 4 is 23.2 Å². The predicted octanol–water partition coefficient (Wildman–Crippen LogP) is 5.32. The topological polar surface area (TPSA) is 52.7 Å². The zero-order chi connectivity index (χ0) is 23.1. The van der Waals surface area contributed by atoms with E-state index in [0.717, 1.165) is 17.7 Å². The summed E-state index contributed by atoms with van der Waals surface area (Å²) >= 11 is 0. The molecule has 0 fully saturated rings. The molecule has 2 aromatic rings. The molecule has 1 atom stereocenters. The van der Waals surface area contributed by atoms with Gasteiger partial charge in [0.25, 0.3) is 5.91 Å². The summed E-state index contributed by atoms with van der Waals surface area (Å²) in [6, 6.07) is 11.4. The van der Waals surface area contributed by atoms with Gasteiger partial charge < -0.3 is 15.1 Å². The van der Waals surface area contributed by atoms with Gasteiger partial charge in [0.1, 0.15) is 5.82 Å². The fraction of sp³-hybridized carbons (Fsp3) is 0.440. The van der Waals surface area contributed by atoms with Gasteiger partial charge in [0, 0.05) is 50.0 Å². The van der Waals surface area contributed by atoms with Crippen molar-refractivity contribution < 1.29 is 14.0 Å². The average molecular weight is 428 g/mol. The average Bonchev–Trinajstić information content (AvgIpc) is 2.70. The summed E-state index contributed by atoms with van der Waals surface area (Å²) in [6.07, 6.45) is 1.24. The van der Waals surface area contributed by atoms with E-state index in [0.29, 0.717) is 24.2 Å². The van der Waals surface area contributed by atoms with Gasteiger partial charge in [-0.3, -0.25) is 9.59 Å². The van der Waals surface area contributed by atoms with Gasteiger partial charge in [-0.25, -0.2) is 4.39 Å². The molecule has 0 bridgehead atoms. The van der Waals surface area contributed by atoms with Gasteiger partial charge in [0.2, 0.25) is 5.91 Å². The second-order valence-electron chi connectivity index (χ2n) is 8.58. The molecule has 5 nitrogen and oxygen atoms in total. The van der Waals surface area contributed by atoms with Crippen LogP contribution in [-0.4, -0.2) is 36.9 Å². The number of benzene rings is 2. The van der Waals surface area contributed by atoms with Crippen molar-refractivity contribution in [1.82, 2.24) is 4.90 Å². The lowest BCUT2D eigenvalue weighted by molar-refractivity contribution is -0.116. The van der Waals surface area contributed by atoms with Gasteiger partial charge in [-0.2, -0.15) is 0 Å². The molecule has 168 valence electrons. The van der Waals surface area contributed by atoms with Crippen LogP contribution in [0.1, 0.15) is 56.5 Å². The van der Waals surface area contributed by atoms with Gasteiger partial charge in [0.05, 0.1) is 0 Å². The number of nitrogens with one attached hydrogen (secondary N) is 1. The number of halogens is 1. The van der Waals surface area contributed by atoms with E-state index in [1.54, 1.807) is 4.90 Å². The largest absolute Gasteiger partial charge is 0.377 e. The maximum Gasteiger partial charge on any atom is 0.254 e. The highest BCUT2D eigenvalue weighted by atomic mass is 19.1. The van der Waals surface area contributed by atoms with Crippen LogP contribution in [0.2, 0.25) is 0 Å². The molecule has 0 heterocycles. The highest BCUT2D eigenvalue weighted by molar-refractivity contribution is 5.94. The second-order valence-corrected chi connectivity index (χ2v) is 8.58. The maximum atomic E-state index is 13.3. The fourth-order valence-corrected chi connectivity index (χ4v) is 3.40. The van der Waals surface area contributed by atoms with Crippen molar-refractivity contribution in [3.63, 3.8) is 0 Å². The molecule has 0 spiro atoms. The standard InChI is InChI=1S/C25H34FN3O2/c1-7-18(4)29(25(31)19-8-10-21(26)11-9-19)16-20-15-22(12-13-23(20)28(5)6)27-24(30)14-17(2)3/h8-13,15,17-18H,7,14,16H2,1-6H3,(H,27,30). The van der Waals surface area contributed by atoms with E-state index in [2.05, 4.69) is 5.32 Å². The Morgan fingerprint density at radius 1 is 1.03 bits per heavy atom. The van der Waals surface area contributed by atoms with Crippen LogP contribution in [0, 0.1) is 11.7 Å². The quantitative estimate of drug-likeness (QED) is 0.589. The monoisotopic (exact) mass is 427 g/mol. The SMILES string of the molecule is CCC(C)N(Cc1cc(NC(=O)CC(C)C)ccc1N(C)C)C(=O)c1ccc(F)cc1. The maximum absolute atomic E-state index is 13.3. The Morgan fingerprint density at radius 2 is 1.68 bits per heavy atom. The Hall–Kier alpha value is -2.89. The van der Waals surface area contributed by atoms with Crippen molar-refractivity contribution in [2.75, 3.05) is 24.3 Å². The molecule has 0 aliphatic carbocycles. The summed E-state index contributed by atoms with van der Waals surface area (Å²) in [5.41, 5.74) is 3.07. The first-order valence-electron chi connectivity index (χ1n) is 10.8. The van der Waals surface area contributed by atoms with E-state index >= 15 is 0 Å². The molecule has 31 heavy (non-hydrogen) atoms. The van der Waals surface area contributed by atoms with E-state index in [4.69, 9.17) is 0 Å². The number of hydrogen-bond donors (Lipinski definition) is 1. The smallest absolute Gasteiger partial charge is 0.254 e. The lowest BCUT2D eigenvalue weighted by Crippen LogP contribution is -2.38. The van der Waals surface area contributed by atoms with E-state index < -0.39 is 0 Å².